The van der Waals surface area contributed by atoms with Crippen molar-refractivity contribution in [3.63, 3.8) is 0 Å². The van der Waals surface area contributed by atoms with Crippen molar-refractivity contribution in [3.05, 3.63) is 78.4 Å². The van der Waals surface area contributed by atoms with Gasteiger partial charge in [-0.15, -0.1) is 22.6 Å². The van der Waals surface area contributed by atoms with Crippen molar-refractivity contribution in [1.29, 1.82) is 0 Å². The van der Waals surface area contributed by atoms with Crippen LogP contribution in [-0.2, 0) is 6.54 Å². The van der Waals surface area contributed by atoms with Gasteiger partial charge < -0.3 is 5.11 Å². The molecule has 0 amide bonds. The molecule has 4 aromatic rings. The summed E-state index contributed by atoms with van der Waals surface area (Å²) in [7, 11) is 0. The van der Waals surface area contributed by atoms with Gasteiger partial charge in [0.25, 0.3) is 0 Å². The second kappa shape index (κ2) is 9.70. The summed E-state index contributed by atoms with van der Waals surface area (Å²) in [5.74, 6) is 0.208. The smallest absolute Gasteiger partial charge is 0.148 e. The van der Waals surface area contributed by atoms with Crippen LogP contribution in [0, 0.1) is 0 Å². The van der Waals surface area contributed by atoms with E-state index in [-0.39, 0.29) is 18.2 Å². The summed E-state index contributed by atoms with van der Waals surface area (Å²) in [6, 6.07) is 24.1. The molecule has 0 radical (unpaired) electrons. The van der Waals surface area contributed by atoms with E-state index in [2.05, 4.69) is 53.2 Å². The Morgan fingerprint density at radius 2 is 1.33 bits per heavy atom. The average Bonchev–Trinajstić information content (AvgIpc) is 2.77. The number of halogens is 1. The number of rotatable bonds is 6. The maximum atomic E-state index is 11.0. The lowest BCUT2D eigenvalue weighted by atomic mass is 10.0. The molecule has 0 aliphatic heterocycles. The summed E-state index contributed by atoms with van der Waals surface area (Å²) in [4.78, 5) is 2.28. The minimum Gasteiger partial charge on any atom is -0.505 e. The highest BCUT2D eigenvalue weighted by Crippen LogP contribution is 2.39. The number of phenols is 1. The maximum Gasteiger partial charge on any atom is 0.148 e. The second-order valence-corrected chi connectivity index (χ2v) is 7.10. The average molecular weight is 420 g/mol. The van der Waals surface area contributed by atoms with Crippen LogP contribution in [0.25, 0.3) is 21.5 Å². The fraction of sp³-hybridized carbons (Fsp3) is 0.200. The van der Waals surface area contributed by atoms with Crippen molar-refractivity contribution < 1.29 is 5.11 Å². The first-order valence-corrected chi connectivity index (χ1v) is 10.1. The van der Waals surface area contributed by atoms with E-state index < -0.39 is 0 Å². The number of fused-ring (bicyclic) bond motifs is 2. The first kappa shape index (κ1) is 21.8. The molecule has 0 aliphatic rings. The molecule has 0 bridgehead atoms. The SMILES string of the molecule is CCN(CC)Cc1c(O)c(N=Nc2cccc3ccccc23)cc2ccccc12.Cl. The Kier molecular flexibility index (Phi) is 7.03. The monoisotopic (exact) mass is 419 g/mol. The third-order valence-electron chi connectivity index (χ3n) is 5.41. The zero-order valence-corrected chi connectivity index (χ0v) is 18.1. The van der Waals surface area contributed by atoms with Gasteiger partial charge in [0.1, 0.15) is 11.4 Å². The van der Waals surface area contributed by atoms with Crippen molar-refractivity contribution in [2.24, 2.45) is 10.2 Å². The third-order valence-corrected chi connectivity index (χ3v) is 5.41. The standard InChI is InChI=1S/C25H25N3O.ClH/c1-3-28(4-2)17-22-20-13-7-6-11-19(20)16-24(25(22)29)27-26-23-15-9-12-18-10-5-8-14-21(18)23;/h5-16,29H,3-4,17H2,1-2H3;1H. The van der Waals surface area contributed by atoms with Gasteiger partial charge in [-0.3, -0.25) is 4.90 Å². The van der Waals surface area contributed by atoms with E-state index in [4.69, 9.17) is 0 Å². The normalized spacial score (nSPS) is 11.4. The van der Waals surface area contributed by atoms with E-state index in [1.807, 2.05) is 48.5 Å². The van der Waals surface area contributed by atoms with Crippen LogP contribution >= 0.6 is 12.4 Å². The van der Waals surface area contributed by atoms with E-state index >= 15 is 0 Å². The quantitative estimate of drug-likeness (QED) is 0.331. The van der Waals surface area contributed by atoms with Crippen molar-refractivity contribution in [2.75, 3.05) is 13.1 Å². The Bertz CT molecular complexity index is 1180. The van der Waals surface area contributed by atoms with Gasteiger partial charge >= 0.3 is 0 Å². The largest absolute Gasteiger partial charge is 0.505 e. The highest BCUT2D eigenvalue weighted by atomic mass is 35.5. The molecule has 0 heterocycles. The molecule has 1 N–H and O–H groups in total. The molecule has 0 fully saturated rings. The number of azo groups is 1. The Morgan fingerprint density at radius 1 is 0.733 bits per heavy atom. The molecule has 4 aromatic carbocycles. The van der Waals surface area contributed by atoms with Crippen molar-refractivity contribution in [3.8, 4) is 5.75 Å². The summed E-state index contributed by atoms with van der Waals surface area (Å²) in [6.07, 6.45) is 0. The van der Waals surface area contributed by atoms with Crippen LogP contribution < -0.4 is 0 Å². The molecule has 0 aliphatic carbocycles. The van der Waals surface area contributed by atoms with Crippen LogP contribution in [0.2, 0.25) is 0 Å². The molecular weight excluding hydrogens is 394 g/mol. The van der Waals surface area contributed by atoms with E-state index in [0.29, 0.717) is 12.2 Å². The van der Waals surface area contributed by atoms with Crippen LogP contribution in [0.4, 0.5) is 11.4 Å². The number of nitrogens with zero attached hydrogens (tertiary/aromatic N) is 3. The zero-order valence-electron chi connectivity index (χ0n) is 17.2. The van der Waals surface area contributed by atoms with Gasteiger partial charge in [0.15, 0.2) is 0 Å². The number of hydrogen-bond acceptors (Lipinski definition) is 4. The lowest BCUT2D eigenvalue weighted by Crippen LogP contribution is -2.22. The molecule has 0 saturated heterocycles. The van der Waals surface area contributed by atoms with Crippen LogP contribution in [0.1, 0.15) is 19.4 Å². The third kappa shape index (κ3) is 4.30. The minimum atomic E-state index is 0. The summed E-state index contributed by atoms with van der Waals surface area (Å²) in [5, 5.41) is 24.2. The second-order valence-electron chi connectivity index (χ2n) is 7.10. The summed E-state index contributed by atoms with van der Waals surface area (Å²) in [5.41, 5.74) is 2.19. The van der Waals surface area contributed by atoms with E-state index in [1.165, 1.54) is 0 Å². The number of phenolic OH excluding ortho intramolecular Hbond substituents is 1. The molecule has 4 rings (SSSR count). The number of hydrogen-bond donors (Lipinski definition) is 1. The van der Waals surface area contributed by atoms with Gasteiger partial charge in [-0.2, -0.15) is 0 Å². The molecule has 0 atom stereocenters. The van der Waals surface area contributed by atoms with Crippen LogP contribution in [0.3, 0.4) is 0 Å². The maximum absolute atomic E-state index is 11.0. The predicted octanol–water partition coefficient (Wildman–Crippen LogP) is 7.38. The van der Waals surface area contributed by atoms with Crippen molar-refractivity contribution in [1.82, 2.24) is 4.90 Å². The number of benzene rings is 4. The first-order chi connectivity index (χ1) is 14.2. The molecule has 0 spiro atoms. The van der Waals surface area contributed by atoms with E-state index in [9.17, 15) is 5.11 Å². The van der Waals surface area contributed by atoms with Gasteiger partial charge in [-0.1, -0.05) is 74.5 Å². The molecule has 0 saturated carbocycles. The van der Waals surface area contributed by atoms with Gasteiger partial charge in [0.2, 0.25) is 0 Å². The van der Waals surface area contributed by atoms with Crippen molar-refractivity contribution in [2.45, 2.75) is 20.4 Å². The highest BCUT2D eigenvalue weighted by molar-refractivity contribution is 5.93. The lowest BCUT2D eigenvalue weighted by Gasteiger charge is -2.20. The molecule has 0 unspecified atom stereocenters. The Labute approximate surface area is 183 Å². The fourth-order valence-corrected chi connectivity index (χ4v) is 3.71. The van der Waals surface area contributed by atoms with Gasteiger partial charge in [-0.25, -0.2) is 0 Å². The van der Waals surface area contributed by atoms with Gasteiger partial charge in [0.05, 0.1) is 5.69 Å². The zero-order chi connectivity index (χ0) is 20.2. The molecule has 4 nitrogen and oxygen atoms in total. The Hall–Kier alpha value is -2.95. The summed E-state index contributed by atoms with van der Waals surface area (Å²) < 4.78 is 0. The lowest BCUT2D eigenvalue weighted by molar-refractivity contribution is 0.292. The number of aromatic hydroxyl groups is 1. The van der Waals surface area contributed by atoms with Crippen LogP contribution in [0.5, 0.6) is 5.75 Å². The van der Waals surface area contributed by atoms with E-state index in [0.717, 1.165) is 45.9 Å². The first-order valence-electron chi connectivity index (χ1n) is 10.1. The highest BCUT2D eigenvalue weighted by Gasteiger charge is 2.15. The predicted molar refractivity (Wildman–Crippen MR) is 128 cm³/mol. The van der Waals surface area contributed by atoms with Gasteiger partial charge in [-0.05, 0) is 41.4 Å². The Balaban J connectivity index is 0.00000256. The molecular formula is C25H26ClN3O. The van der Waals surface area contributed by atoms with Gasteiger partial charge in [0, 0.05) is 17.5 Å². The van der Waals surface area contributed by atoms with E-state index in [1.54, 1.807) is 0 Å². The molecule has 30 heavy (non-hydrogen) atoms. The molecule has 0 aromatic heterocycles. The molecule has 154 valence electrons. The van der Waals surface area contributed by atoms with Crippen LogP contribution in [0.15, 0.2) is 83.0 Å². The Morgan fingerprint density at radius 3 is 2.07 bits per heavy atom. The topological polar surface area (TPSA) is 48.2 Å². The summed E-state index contributed by atoms with van der Waals surface area (Å²) >= 11 is 0. The minimum absolute atomic E-state index is 0. The summed E-state index contributed by atoms with van der Waals surface area (Å²) in [6.45, 7) is 6.79. The molecule has 5 heteroatoms. The fourth-order valence-electron chi connectivity index (χ4n) is 3.71. The van der Waals surface area contributed by atoms with Crippen molar-refractivity contribution >= 4 is 45.3 Å². The van der Waals surface area contributed by atoms with Crippen LogP contribution in [-0.4, -0.2) is 23.1 Å².